The number of allylic oxidation sites excluding steroid dienone is 4. The maximum absolute atomic E-state index is 5.32. The Bertz CT molecular complexity index is 201. The second-order valence-electron chi connectivity index (χ2n) is 3.47. The van der Waals surface area contributed by atoms with Crippen LogP contribution in [-0.4, -0.2) is 0 Å². The first-order valence-corrected chi connectivity index (χ1v) is 4.88. The third-order valence-corrected chi connectivity index (χ3v) is 2.52. The fourth-order valence-electron chi connectivity index (χ4n) is 1.14. The van der Waals surface area contributed by atoms with Crippen LogP contribution >= 0.6 is 0 Å². The molecule has 0 rings (SSSR count). The zero-order valence-corrected chi connectivity index (χ0v) is 8.96. The van der Waals surface area contributed by atoms with Gasteiger partial charge in [-0.25, -0.2) is 0 Å². The van der Waals surface area contributed by atoms with Crippen LogP contribution < -0.4 is 5.73 Å². The van der Waals surface area contributed by atoms with Crippen molar-refractivity contribution < 1.29 is 0 Å². The summed E-state index contributed by atoms with van der Waals surface area (Å²) in [5.41, 5.74) is 6.43. The molecule has 1 nitrogen and oxygen atoms in total. The average molecular weight is 179 g/mol. The van der Waals surface area contributed by atoms with Crippen LogP contribution in [0.25, 0.3) is 0 Å². The zero-order valence-electron chi connectivity index (χ0n) is 8.96. The van der Waals surface area contributed by atoms with Crippen LogP contribution in [-0.2, 0) is 0 Å². The van der Waals surface area contributed by atoms with Crippen molar-refractivity contribution >= 4 is 0 Å². The lowest BCUT2D eigenvalue weighted by atomic mass is 9.91. The average Bonchev–Trinajstić information content (AvgIpc) is 2.15. The van der Waals surface area contributed by atoms with Gasteiger partial charge < -0.3 is 5.73 Å². The minimum absolute atomic E-state index is 0.578. The maximum Gasteiger partial charge on any atom is -0.00565 e. The summed E-state index contributed by atoms with van der Waals surface area (Å²) in [6.45, 7) is 10.4. The highest BCUT2D eigenvalue weighted by atomic mass is 14.5. The second-order valence-corrected chi connectivity index (χ2v) is 3.47. The molecule has 74 valence electrons. The van der Waals surface area contributed by atoms with Crippen LogP contribution in [0.5, 0.6) is 0 Å². The van der Waals surface area contributed by atoms with Crippen LogP contribution in [0, 0.1) is 11.8 Å². The smallest absolute Gasteiger partial charge is 0.00565 e. The predicted octanol–water partition coefficient (Wildman–Crippen LogP) is 3.25. The van der Waals surface area contributed by atoms with Crippen molar-refractivity contribution in [2.75, 3.05) is 0 Å². The highest BCUT2D eigenvalue weighted by Gasteiger charge is 2.06. The number of hydrogen-bond acceptors (Lipinski definition) is 1. The first kappa shape index (κ1) is 12.0. The van der Waals surface area contributed by atoms with E-state index in [1.54, 1.807) is 6.20 Å². The molecule has 13 heavy (non-hydrogen) atoms. The molecule has 0 amide bonds. The van der Waals surface area contributed by atoms with Crippen molar-refractivity contribution in [2.24, 2.45) is 17.6 Å². The number of rotatable bonds is 5. The van der Waals surface area contributed by atoms with Gasteiger partial charge in [-0.1, -0.05) is 45.9 Å². The molecule has 1 heteroatoms. The Morgan fingerprint density at radius 3 is 2.46 bits per heavy atom. The van der Waals surface area contributed by atoms with Crippen molar-refractivity contribution in [1.29, 1.82) is 0 Å². The summed E-state index contributed by atoms with van der Waals surface area (Å²) >= 11 is 0. The summed E-state index contributed by atoms with van der Waals surface area (Å²) in [5.74, 6) is 1.29. The summed E-state index contributed by atoms with van der Waals surface area (Å²) in [7, 11) is 0. The van der Waals surface area contributed by atoms with E-state index in [0.29, 0.717) is 11.8 Å². The van der Waals surface area contributed by atoms with Crippen LogP contribution in [0.2, 0.25) is 0 Å². The Kier molecular flexibility index (Phi) is 6.03. The van der Waals surface area contributed by atoms with Crippen molar-refractivity contribution in [2.45, 2.75) is 27.2 Å². The normalized spacial score (nSPS) is 17.3. The molecule has 0 aliphatic heterocycles. The predicted molar refractivity (Wildman–Crippen MR) is 60.2 cm³/mol. The molecule has 2 N–H and O–H groups in total. The highest BCUT2D eigenvalue weighted by Crippen LogP contribution is 2.18. The summed E-state index contributed by atoms with van der Waals surface area (Å²) < 4.78 is 0. The first-order chi connectivity index (χ1) is 6.15. The van der Waals surface area contributed by atoms with Gasteiger partial charge in [0.05, 0.1) is 0 Å². The van der Waals surface area contributed by atoms with Gasteiger partial charge in [0.2, 0.25) is 0 Å². The molecule has 0 aliphatic carbocycles. The molecule has 0 saturated carbocycles. The summed E-state index contributed by atoms with van der Waals surface area (Å²) in [6.07, 6.45) is 8.68. The molecule has 0 radical (unpaired) electrons. The van der Waals surface area contributed by atoms with E-state index in [0.717, 1.165) is 5.57 Å². The van der Waals surface area contributed by atoms with E-state index in [1.165, 1.54) is 6.42 Å². The minimum Gasteiger partial charge on any atom is -0.405 e. The van der Waals surface area contributed by atoms with Gasteiger partial charge in [-0.15, -0.1) is 0 Å². The number of hydrogen-bond donors (Lipinski definition) is 1. The molecule has 0 aromatic heterocycles. The van der Waals surface area contributed by atoms with E-state index in [2.05, 4.69) is 33.4 Å². The maximum atomic E-state index is 5.32. The van der Waals surface area contributed by atoms with Gasteiger partial charge >= 0.3 is 0 Å². The van der Waals surface area contributed by atoms with Crippen LogP contribution in [0.1, 0.15) is 27.2 Å². The minimum atomic E-state index is 0.578. The molecule has 2 atom stereocenters. The van der Waals surface area contributed by atoms with E-state index in [4.69, 9.17) is 5.73 Å². The molecule has 1 unspecified atom stereocenters. The molecule has 0 aromatic rings. The summed E-state index contributed by atoms with van der Waals surface area (Å²) in [5, 5.41) is 0. The Hall–Kier alpha value is -0.980. The Morgan fingerprint density at radius 1 is 1.46 bits per heavy atom. The fraction of sp³-hybridized carbons (Fsp3) is 0.500. The lowest BCUT2D eigenvalue weighted by molar-refractivity contribution is 0.445. The van der Waals surface area contributed by atoms with Crippen molar-refractivity contribution in [1.82, 2.24) is 0 Å². The molecule has 0 aromatic carbocycles. The first-order valence-electron chi connectivity index (χ1n) is 4.88. The fourth-order valence-corrected chi connectivity index (χ4v) is 1.14. The summed E-state index contributed by atoms with van der Waals surface area (Å²) in [6, 6.07) is 0. The Labute approximate surface area is 82.0 Å². The molecule has 0 fully saturated rings. The van der Waals surface area contributed by atoms with E-state index in [1.807, 2.05) is 12.2 Å². The van der Waals surface area contributed by atoms with E-state index >= 15 is 0 Å². The van der Waals surface area contributed by atoms with Crippen molar-refractivity contribution in [3.63, 3.8) is 0 Å². The third kappa shape index (κ3) is 4.56. The standard InChI is InChI=1S/C12H21N/c1-5-10(3)11(4)9-12(6-2)7-8-13/h6-11H,2,5,13H2,1,3-4H3/b8-7-,12-9?/t10-,11?/m1/s1. The van der Waals surface area contributed by atoms with E-state index < -0.39 is 0 Å². The molecule has 0 aliphatic rings. The number of nitrogens with two attached hydrogens (primary N) is 1. The third-order valence-electron chi connectivity index (χ3n) is 2.52. The Balaban J connectivity index is 4.40. The van der Waals surface area contributed by atoms with Gasteiger partial charge in [0.1, 0.15) is 0 Å². The van der Waals surface area contributed by atoms with Crippen molar-refractivity contribution in [3.05, 3.63) is 36.6 Å². The lowest BCUT2D eigenvalue weighted by Gasteiger charge is -2.14. The van der Waals surface area contributed by atoms with Crippen LogP contribution in [0.3, 0.4) is 0 Å². The van der Waals surface area contributed by atoms with E-state index in [9.17, 15) is 0 Å². The quantitative estimate of drug-likeness (QED) is 0.644. The zero-order chi connectivity index (χ0) is 10.3. The largest absolute Gasteiger partial charge is 0.405 e. The molecular weight excluding hydrogens is 158 g/mol. The molecule has 0 spiro atoms. The van der Waals surface area contributed by atoms with Gasteiger partial charge in [-0.05, 0) is 29.7 Å². The van der Waals surface area contributed by atoms with Gasteiger partial charge in [0.25, 0.3) is 0 Å². The van der Waals surface area contributed by atoms with Gasteiger partial charge in [-0.2, -0.15) is 0 Å². The highest BCUT2D eigenvalue weighted by molar-refractivity contribution is 5.29. The summed E-state index contributed by atoms with van der Waals surface area (Å²) in [4.78, 5) is 0. The molecule has 0 bridgehead atoms. The van der Waals surface area contributed by atoms with Gasteiger partial charge in [-0.3, -0.25) is 0 Å². The van der Waals surface area contributed by atoms with Crippen LogP contribution in [0.4, 0.5) is 0 Å². The lowest BCUT2D eigenvalue weighted by Crippen LogP contribution is -2.03. The SMILES string of the molecule is C=CC(=CC(C)[C@H](C)CC)/C=C\N. The van der Waals surface area contributed by atoms with E-state index in [-0.39, 0.29) is 0 Å². The molecule has 0 saturated heterocycles. The monoisotopic (exact) mass is 179 g/mol. The van der Waals surface area contributed by atoms with Crippen molar-refractivity contribution in [3.8, 4) is 0 Å². The molecule has 0 heterocycles. The Morgan fingerprint density at radius 2 is 2.08 bits per heavy atom. The molecular formula is C12H21N. The topological polar surface area (TPSA) is 26.0 Å². The van der Waals surface area contributed by atoms with Gasteiger partial charge in [0.15, 0.2) is 0 Å². The van der Waals surface area contributed by atoms with Crippen LogP contribution in [0.15, 0.2) is 36.6 Å². The van der Waals surface area contributed by atoms with Gasteiger partial charge in [0, 0.05) is 0 Å². The second kappa shape index (κ2) is 6.53.